The van der Waals surface area contributed by atoms with Gasteiger partial charge in [0.2, 0.25) is 0 Å². The van der Waals surface area contributed by atoms with Crippen LogP contribution in [0, 0.1) is 6.92 Å². The number of thiophene rings is 1. The van der Waals surface area contributed by atoms with E-state index in [0.29, 0.717) is 10.6 Å². The van der Waals surface area contributed by atoms with Crippen molar-refractivity contribution >= 4 is 39.1 Å². The summed E-state index contributed by atoms with van der Waals surface area (Å²) in [6.45, 7) is 5.64. The van der Waals surface area contributed by atoms with Crippen molar-refractivity contribution in [3.05, 3.63) is 50.1 Å². The van der Waals surface area contributed by atoms with E-state index in [0.717, 1.165) is 21.3 Å². The van der Waals surface area contributed by atoms with E-state index in [1.165, 1.54) is 11.3 Å². The zero-order valence-corrected chi connectivity index (χ0v) is 16.1. The van der Waals surface area contributed by atoms with Gasteiger partial charge < -0.3 is 4.74 Å². The number of aryl methyl sites for hydroxylation is 2. The van der Waals surface area contributed by atoms with Crippen LogP contribution >= 0.6 is 27.3 Å². The first kappa shape index (κ1) is 18.5. The second-order valence-corrected chi connectivity index (χ2v) is 7.38. The van der Waals surface area contributed by atoms with Gasteiger partial charge >= 0.3 is 0 Å². The molecule has 0 aliphatic heterocycles. The third-order valence-electron chi connectivity index (χ3n) is 3.40. The highest BCUT2D eigenvalue weighted by molar-refractivity contribution is 9.10. The lowest BCUT2D eigenvalue weighted by molar-refractivity contribution is -0.128. The molecule has 0 aliphatic carbocycles. The SMILES string of the molecule is CCc1cc(C(=O)NNC(=O)[C@@H](C)Oc2cccc(Br)c2)sc1C. The average molecular weight is 411 g/mol. The fraction of sp³-hybridized carbons (Fsp3) is 0.294. The van der Waals surface area contributed by atoms with Crippen LogP contribution in [-0.2, 0) is 11.2 Å². The summed E-state index contributed by atoms with van der Waals surface area (Å²) in [6, 6.07) is 9.06. The Bertz CT molecular complexity index is 745. The Labute approximate surface area is 153 Å². The van der Waals surface area contributed by atoms with Gasteiger partial charge in [0, 0.05) is 9.35 Å². The number of halogens is 1. The molecule has 1 aromatic carbocycles. The minimum absolute atomic E-state index is 0.328. The van der Waals surface area contributed by atoms with Gasteiger partial charge in [-0.25, -0.2) is 0 Å². The Kier molecular flexibility index (Phi) is 6.39. The van der Waals surface area contributed by atoms with Gasteiger partial charge in [0.05, 0.1) is 4.88 Å². The Morgan fingerprint density at radius 3 is 2.67 bits per heavy atom. The zero-order chi connectivity index (χ0) is 17.7. The summed E-state index contributed by atoms with van der Waals surface area (Å²) in [5, 5.41) is 0. The molecule has 24 heavy (non-hydrogen) atoms. The minimum Gasteiger partial charge on any atom is -0.481 e. The maximum atomic E-state index is 12.1. The Balaban J connectivity index is 1.88. The first-order valence-corrected chi connectivity index (χ1v) is 9.13. The van der Waals surface area contributed by atoms with Gasteiger partial charge in [-0.1, -0.05) is 28.9 Å². The van der Waals surface area contributed by atoms with Crippen molar-refractivity contribution in [3.8, 4) is 5.75 Å². The molecule has 0 fully saturated rings. The molecule has 1 heterocycles. The highest BCUT2D eigenvalue weighted by atomic mass is 79.9. The van der Waals surface area contributed by atoms with E-state index in [1.54, 1.807) is 19.1 Å². The van der Waals surface area contributed by atoms with Crippen LogP contribution in [-0.4, -0.2) is 17.9 Å². The molecule has 0 saturated carbocycles. The standard InChI is InChI=1S/C17H19BrN2O3S/c1-4-12-8-15(24-11(12)3)17(22)20-19-16(21)10(2)23-14-7-5-6-13(18)9-14/h5-10H,4H2,1-3H3,(H,19,21)(H,20,22)/t10-/m1/s1. The quantitative estimate of drug-likeness (QED) is 0.739. The minimum atomic E-state index is -0.740. The molecule has 0 bridgehead atoms. The molecular weight excluding hydrogens is 392 g/mol. The van der Waals surface area contributed by atoms with E-state index in [1.807, 2.05) is 32.0 Å². The van der Waals surface area contributed by atoms with Crippen molar-refractivity contribution in [2.75, 3.05) is 0 Å². The van der Waals surface area contributed by atoms with Gasteiger partial charge in [0.25, 0.3) is 11.8 Å². The molecule has 2 N–H and O–H groups in total. The number of carbonyl (C=O) groups excluding carboxylic acids is 2. The summed E-state index contributed by atoms with van der Waals surface area (Å²) in [5.74, 6) is -0.182. The van der Waals surface area contributed by atoms with Crippen LogP contribution in [0.15, 0.2) is 34.8 Å². The first-order chi connectivity index (χ1) is 11.4. The van der Waals surface area contributed by atoms with Crippen molar-refractivity contribution in [2.45, 2.75) is 33.3 Å². The average Bonchev–Trinajstić information content (AvgIpc) is 2.93. The predicted molar refractivity (Wildman–Crippen MR) is 98.3 cm³/mol. The third kappa shape index (κ3) is 4.82. The smallest absolute Gasteiger partial charge is 0.279 e. The second-order valence-electron chi connectivity index (χ2n) is 5.21. The van der Waals surface area contributed by atoms with E-state index in [4.69, 9.17) is 4.74 Å². The molecule has 0 spiro atoms. The number of carbonyl (C=O) groups is 2. The van der Waals surface area contributed by atoms with Gasteiger partial charge in [-0.15, -0.1) is 11.3 Å². The molecule has 0 saturated heterocycles. The number of hydrogen-bond donors (Lipinski definition) is 2. The Hall–Kier alpha value is -1.86. The van der Waals surface area contributed by atoms with Crippen LogP contribution in [0.3, 0.4) is 0 Å². The fourth-order valence-electron chi connectivity index (χ4n) is 2.06. The summed E-state index contributed by atoms with van der Waals surface area (Å²) in [5.41, 5.74) is 5.96. The van der Waals surface area contributed by atoms with Gasteiger partial charge in [-0.05, 0) is 50.1 Å². The van der Waals surface area contributed by atoms with E-state index >= 15 is 0 Å². The van der Waals surface area contributed by atoms with Crippen LogP contribution in [0.25, 0.3) is 0 Å². The molecule has 2 rings (SSSR count). The van der Waals surface area contributed by atoms with E-state index in [-0.39, 0.29) is 5.91 Å². The molecule has 2 amide bonds. The van der Waals surface area contributed by atoms with Gasteiger partial charge in [0.1, 0.15) is 5.75 Å². The molecular formula is C17H19BrN2O3S. The molecule has 0 radical (unpaired) electrons. The molecule has 5 nitrogen and oxygen atoms in total. The monoisotopic (exact) mass is 410 g/mol. The number of ether oxygens (including phenoxy) is 1. The molecule has 0 unspecified atom stereocenters. The molecule has 1 aromatic heterocycles. The topological polar surface area (TPSA) is 67.4 Å². The Morgan fingerprint density at radius 1 is 1.29 bits per heavy atom. The third-order valence-corrected chi connectivity index (χ3v) is 4.99. The van der Waals surface area contributed by atoms with Crippen LogP contribution < -0.4 is 15.6 Å². The highest BCUT2D eigenvalue weighted by Gasteiger charge is 2.17. The number of rotatable bonds is 5. The summed E-state index contributed by atoms with van der Waals surface area (Å²) in [7, 11) is 0. The molecule has 128 valence electrons. The maximum Gasteiger partial charge on any atom is 0.279 e. The Morgan fingerprint density at radius 2 is 2.04 bits per heavy atom. The predicted octanol–water partition coefficient (Wildman–Crippen LogP) is 3.61. The summed E-state index contributed by atoms with van der Waals surface area (Å²) >= 11 is 4.75. The van der Waals surface area contributed by atoms with E-state index in [2.05, 4.69) is 26.8 Å². The number of hydrogen-bond acceptors (Lipinski definition) is 4. The zero-order valence-electron chi connectivity index (χ0n) is 13.7. The van der Waals surface area contributed by atoms with Crippen LogP contribution in [0.1, 0.15) is 34.0 Å². The summed E-state index contributed by atoms with van der Waals surface area (Å²) in [6.07, 6.45) is 0.135. The normalized spacial score (nSPS) is 11.7. The fourth-order valence-corrected chi connectivity index (χ4v) is 3.45. The largest absolute Gasteiger partial charge is 0.481 e. The lowest BCUT2D eigenvalue weighted by Crippen LogP contribution is -2.47. The number of hydrazine groups is 1. The molecule has 2 aromatic rings. The van der Waals surface area contributed by atoms with Crippen molar-refractivity contribution in [3.63, 3.8) is 0 Å². The van der Waals surface area contributed by atoms with Gasteiger partial charge in [-0.3, -0.25) is 20.4 Å². The lowest BCUT2D eigenvalue weighted by atomic mass is 10.2. The summed E-state index contributed by atoms with van der Waals surface area (Å²) in [4.78, 5) is 25.8. The van der Waals surface area contributed by atoms with Crippen molar-refractivity contribution < 1.29 is 14.3 Å². The van der Waals surface area contributed by atoms with Crippen molar-refractivity contribution in [1.82, 2.24) is 10.9 Å². The van der Waals surface area contributed by atoms with Crippen molar-refractivity contribution in [1.29, 1.82) is 0 Å². The van der Waals surface area contributed by atoms with Crippen molar-refractivity contribution in [2.24, 2.45) is 0 Å². The number of nitrogens with one attached hydrogen (secondary N) is 2. The molecule has 0 aliphatic rings. The highest BCUT2D eigenvalue weighted by Crippen LogP contribution is 2.22. The summed E-state index contributed by atoms with van der Waals surface area (Å²) < 4.78 is 6.41. The molecule has 7 heteroatoms. The van der Waals surface area contributed by atoms with Crippen LogP contribution in [0.5, 0.6) is 5.75 Å². The van der Waals surface area contributed by atoms with E-state index < -0.39 is 12.0 Å². The maximum absolute atomic E-state index is 12.1. The number of benzene rings is 1. The second kappa shape index (κ2) is 8.30. The van der Waals surface area contributed by atoms with Gasteiger partial charge in [-0.2, -0.15) is 0 Å². The van der Waals surface area contributed by atoms with Gasteiger partial charge in [0.15, 0.2) is 6.10 Å². The van der Waals surface area contributed by atoms with E-state index in [9.17, 15) is 9.59 Å². The first-order valence-electron chi connectivity index (χ1n) is 7.52. The molecule has 1 atom stereocenters. The van der Waals surface area contributed by atoms with Crippen LogP contribution in [0.2, 0.25) is 0 Å². The number of amides is 2. The lowest BCUT2D eigenvalue weighted by Gasteiger charge is -2.15. The van der Waals surface area contributed by atoms with Crippen LogP contribution in [0.4, 0.5) is 0 Å².